The van der Waals surface area contributed by atoms with Gasteiger partial charge < -0.3 is 14.6 Å². The number of ether oxygens (including phenoxy) is 1. The Kier molecular flexibility index (Phi) is 3.50. The number of aromatic nitrogens is 1. The number of cyclic esters (lactones) is 1. The van der Waals surface area contributed by atoms with Gasteiger partial charge in [-0.25, -0.2) is 4.79 Å². The smallest absolute Gasteiger partial charge is 0.339 e. The number of benzene rings is 1. The van der Waals surface area contributed by atoms with Gasteiger partial charge in [-0.1, -0.05) is 21.1 Å². The lowest BCUT2D eigenvalue weighted by atomic mass is 9.98. The van der Waals surface area contributed by atoms with Gasteiger partial charge in [-0.3, -0.25) is 4.79 Å². The van der Waals surface area contributed by atoms with E-state index in [-0.39, 0.29) is 0 Å². The Hall–Kier alpha value is -2.15. The molecule has 3 rings (SSSR count). The van der Waals surface area contributed by atoms with Crippen LogP contribution in [0.5, 0.6) is 0 Å². The molecule has 0 saturated heterocycles. The van der Waals surface area contributed by atoms with Gasteiger partial charge in [0.05, 0.1) is 5.56 Å². The van der Waals surface area contributed by atoms with Crippen LogP contribution in [0.2, 0.25) is 0 Å². The number of amides is 1. The van der Waals surface area contributed by atoms with Crippen LogP contribution in [-0.4, -0.2) is 23.1 Å². The van der Waals surface area contributed by atoms with Crippen LogP contribution in [0.1, 0.15) is 21.7 Å². The molecule has 1 amide bonds. The summed E-state index contributed by atoms with van der Waals surface area (Å²) in [5.74, 6) is -0.0451. The van der Waals surface area contributed by atoms with Crippen molar-refractivity contribution in [2.24, 2.45) is 0 Å². The van der Waals surface area contributed by atoms with E-state index in [1.807, 2.05) is 6.07 Å². The molecule has 0 saturated carbocycles. The zero-order valence-corrected chi connectivity index (χ0v) is 12.6. The summed E-state index contributed by atoms with van der Waals surface area (Å²) in [5.41, 5.74) is 1.26. The van der Waals surface area contributed by atoms with Crippen molar-refractivity contribution in [3.63, 3.8) is 0 Å². The average Bonchev–Trinajstić information content (AvgIpc) is 2.83. The van der Waals surface area contributed by atoms with Gasteiger partial charge in [0.2, 0.25) is 0 Å². The topological polar surface area (TPSA) is 81.4 Å². The molecule has 6 nitrogen and oxygen atoms in total. The lowest BCUT2D eigenvalue weighted by Crippen LogP contribution is -2.38. The fourth-order valence-corrected chi connectivity index (χ4v) is 2.55. The van der Waals surface area contributed by atoms with Crippen LogP contribution in [0.15, 0.2) is 33.3 Å². The Morgan fingerprint density at radius 3 is 2.95 bits per heavy atom. The van der Waals surface area contributed by atoms with Crippen molar-refractivity contribution in [3.05, 3.63) is 45.6 Å². The SMILES string of the molecule is Cc1cc(NC(=O)[C@H]2Cc3cc(Br)ccc3C(=O)O2)no1. The highest BCUT2D eigenvalue weighted by molar-refractivity contribution is 9.10. The lowest BCUT2D eigenvalue weighted by molar-refractivity contribution is -0.125. The van der Waals surface area contributed by atoms with E-state index in [4.69, 9.17) is 9.26 Å². The maximum absolute atomic E-state index is 12.1. The maximum Gasteiger partial charge on any atom is 0.339 e. The molecule has 108 valence electrons. The second-order valence-corrected chi connectivity index (χ2v) is 5.63. The largest absolute Gasteiger partial charge is 0.448 e. The normalized spacial score (nSPS) is 17.0. The highest BCUT2D eigenvalue weighted by Crippen LogP contribution is 2.25. The highest BCUT2D eigenvalue weighted by Gasteiger charge is 2.31. The molecule has 21 heavy (non-hydrogen) atoms. The summed E-state index contributed by atoms with van der Waals surface area (Å²) in [4.78, 5) is 24.1. The quantitative estimate of drug-likeness (QED) is 0.841. The Morgan fingerprint density at radius 1 is 1.43 bits per heavy atom. The van der Waals surface area contributed by atoms with E-state index < -0.39 is 18.0 Å². The molecular weight excluding hydrogens is 340 g/mol. The minimum absolute atomic E-state index is 0.300. The van der Waals surface area contributed by atoms with Crippen LogP contribution in [0.25, 0.3) is 0 Å². The number of hydrogen-bond acceptors (Lipinski definition) is 5. The minimum atomic E-state index is -0.878. The number of carbonyl (C=O) groups is 2. The Morgan fingerprint density at radius 2 is 2.24 bits per heavy atom. The van der Waals surface area contributed by atoms with E-state index in [0.717, 1.165) is 10.0 Å². The maximum atomic E-state index is 12.1. The first kappa shape index (κ1) is 13.8. The number of hydrogen-bond donors (Lipinski definition) is 1. The molecule has 0 fully saturated rings. The molecule has 1 aromatic carbocycles. The molecular formula is C14H11BrN2O4. The first-order chi connectivity index (χ1) is 10.0. The monoisotopic (exact) mass is 350 g/mol. The molecule has 2 heterocycles. The van der Waals surface area contributed by atoms with Crippen molar-refractivity contribution in [2.75, 3.05) is 5.32 Å². The molecule has 1 aromatic heterocycles. The van der Waals surface area contributed by atoms with Crippen LogP contribution in [0.4, 0.5) is 5.82 Å². The van der Waals surface area contributed by atoms with E-state index in [1.165, 1.54) is 0 Å². The number of halogens is 1. The first-order valence-corrected chi connectivity index (χ1v) is 7.06. The number of nitrogens with zero attached hydrogens (tertiary/aromatic N) is 1. The third kappa shape index (κ3) is 2.82. The molecule has 1 aliphatic rings. The van der Waals surface area contributed by atoms with E-state index >= 15 is 0 Å². The van der Waals surface area contributed by atoms with E-state index in [9.17, 15) is 9.59 Å². The summed E-state index contributed by atoms with van der Waals surface area (Å²) >= 11 is 3.35. The number of rotatable bonds is 2. The van der Waals surface area contributed by atoms with Crippen molar-refractivity contribution in [1.29, 1.82) is 0 Å². The molecule has 0 bridgehead atoms. The summed E-state index contributed by atoms with van der Waals surface area (Å²) in [6.07, 6.45) is -0.556. The van der Waals surface area contributed by atoms with Gasteiger partial charge in [0.15, 0.2) is 11.9 Å². The molecule has 2 aromatic rings. The van der Waals surface area contributed by atoms with Crippen molar-refractivity contribution in [1.82, 2.24) is 5.16 Å². The molecule has 1 atom stereocenters. The first-order valence-electron chi connectivity index (χ1n) is 6.26. The molecule has 0 unspecified atom stereocenters. The zero-order valence-electron chi connectivity index (χ0n) is 11.1. The Balaban J connectivity index is 1.78. The number of nitrogens with one attached hydrogen (secondary N) is 1. The average molecular weight is 351 g/mol. The summed E-state index contributed by atoms with van der Waals surface area (Å²) in [5, 5.41) is 6.24. The van der Waals surface area contributed by atoms with E-state index in [1.54, 1.807) is 25.1 Å². The van der Waals surface area contributed by atoms with Gasteiger partial charge in [0.1, 0.15) is 5.76 Å². The van der Waals surface area contributed by atoms with Gasteiger partial charge in [-0.15, -0.1) is 0 Å². The van der Waals surface area contributed by atoms with Gasteiger partial charge in [-0.05, 0) is 30.7 Å². The summed E-state index contributed by atoms with van der Waals surface area (Å²) in [6.45, 7) is 1.72. The van der Waals surface area contributed by atoms with Crippen LogP contribution < -0.4 is 5.32 Å². The second kappa shape index (κ2) is 5.33. The molecule has 0 radical (unpaired) electrons. The molecule has 0 spiro atoms. The fraction of sp³-hybridized carbons (Fsp3) is 0.214. The summed E-state index contributed by atoms with van der Waals surface area (Å²) < 4.78 is 10.9. The predicted molar refractivity (Wildman–Crippen MR) is 76.9 cm³/mol. The van der Waals surface area contributed by atoms with E-state index in [2.05, 4.69) is 26.4 Å². The summed E-state index contributed by atoms with van der Waals surface area (Å²) in [6, 6.07) is 6.85. The number of fused-ring (bicyclic) bond motifs is 1. The number of anilines is 1. The number of esters is 1. The van der Waals surface area contributed by atoms with Crippen molar-refractivity contribution < 1.29 is 18.8 Å². The minimum Gasteiger partial charge on any atom is -0.448 e. The number of carbonyl (C=O) groups excluding carboxylic acids is 2. The second-order valence-electron chi connectivity index (χ2n) is 4.71. The van der Waals surface area contributed by atoms with Crippen LogP contribution >= 0.6 is 15.9 Å². The number of aryl methyl sites for hydroxylation is 1. The standard InChI is InChI=1S/C14H11BrN2O4/c1-7-4-12(17-21-7)16-13(18)11-6-8-5-9(15)2-3-10(8)14(19)20-11/h2-5,11H,6H2,1H3,(H,16,17,18)/t11-/m1/s1. The van der Waals surface area contributed by atoms with Crippen molar-refractivity contribution in [2.45, 2.75) is 19.4 Å². The molecule has 0 aliphatic carbocycles. The summed E-state index contributed by atoms with van der Waals surface area (Å²) in [7, 11) is 0. The van der Waals surface area contributed by atoms with Gasteiger partial charge in [-0.2, -0.15) is 0 Å². The predicted octanol–water partition coefficient (Wildman–Crippen LogP) is 2.47. The van der Waals surface area contributed by atoms with Crippen molar-refractivity contribution >= 4 is 33.6 Å². The van der Waals surface area contributed by atoms with E-state index in [0.29, 0.717) is 23.6 Å². The third-order valence-corrected chi connectivity index (χ3v) is 3.61. The van der Waals surface area contributed by atoms with Crippen LogP contribution in [0, 0.1) is 6.92 Å². The highest BCUT2D eigenvalue weighted by atomic mass is 79.9. The molecule has 1 aliphatic heterocycles. The molecule has 7 heteroatoms. The lowest BCUT2D eigenvalue weighted by Gasteiger charge is -2.23. The van der Waals surface area contributed by atoms with Crippen LogP contribution in [0.3, 0.4) is 0 Å². The van der Waals surface area contributed by atoms with Gasteiger partial charge >= 0.3 is 5.97 Å². The molecule has 1 N–H and O–H groups in total. The van der Waals surface area contributed by atoms with Crippen molar-refractivity contribution in [3.8, 4) is 0 Å². The Bertz CT molecular complexity index is 726. The third-order valence-electron chi connectivity index (χ3n) is 3.11. The van der Waals surface area contributed by atoms with Crippen LogP contribution in [-0.2, 0) is 16.0 Å². The van der Waals surface area contributed by atoms with Gasteiger partial charge in [0, 0.05) is 17.0 Å². The van der Waals surface area contributed by atoms with Gasteiger partial charge in [0.25, 0.3) is 5.91 Å². The Labute approximate surface area is 128 Å². The fourth-order valence-electron chi connectivity index (χ4n) is 2.14. The zero-order chi connectivity index (χ0) is 15.0.